The Bertz CT molecular complexity index is 2070. The van der Waals surface area contributed by atoms with Crippen molar-refractivity contribution < 1.29 is 0 Å². The number of nitrogen functional groups attached to an aromatic ring is 1. The van der Waals surface area contributed by atoms with Crippen LogP contribution >= 0.6 is 0 Å². The highest BCUT2D eigenvalue weighted by molar-refractivity contribution is 6.07. The fourth-order valence-corrected chi connectivity index (χ4v) is 5.04. The molecule has 0 spiro atoms. The van der Waals surface area contributed by atoms with Gasteiger partial charge in [-0.25, -0.2) is 9.50 Å². The SMILES string of the molecule is CCN=C(NC(C)c1cc2cccc(C#Cc3cnn(C)c3)c2c(=O)n1-c1ccccc1)c1c(N)nn2cccnc12. The largest absolute Gasteiger partial charge is 0.382 e. The summed E-state index contributed by atoms with van der Waals surface area (Å²) < 4.78 is 5.06. The maximum Gasteiger partial charge on any atom is 0.264 e. The smallest absolute Gasteiger partial charge is 0.264 e. The van der Waals surface area contributed by atoms with Crippen LogP contribution in [0.25, 0.3) is 22.1 Å². The number of aromatic nitrogens is 6. The van der Waals surface area contributed by atoms with Gasteiger partial charge in [0.2, 0.25) is 0 Å². The number of hydrogen-bond acceptors (Lipinski definition) is 6. The number of aryl methyl sites for hydroxylation is 1. The van der Waals surface area contributed by atoms with Crippen molar-refractivity contribution in [1.82, 2.24) is 34.3 Å². The number of anilines is 1. The number of nitrogens with two attached hydrogens (primary N) is 1. The quantitative estimate of drug-likeness (QED) is 0.189. The van der Waals surface area contributed by atoms with Crippen molar-refractivity contribution in [1.29, 1.82) is 0 Å². The summed E-state index contributed by atoms with van der Waals surface area (Å²) in [5.74, 6) is 7.20. The van der Waals surface area contributed by atoms with E-state index in [0.29, 0.717) is 40.4 Å². The zero-order valence-corrected chi connectivity index (χ0v) is 23.5. The lowest BCUT2D eigenvalue weighted by Gasteiger charge is -2.22. The topological polar surface area (TPSA) is 120 Å². The van der Waals surface area contributed by atoms with E-state index in [1.807, 2.05) is 81.7 Å². The van der Waals surface area contributed by atoms with Gasteiger partial charge in [0.05, 0.1) is 23.2 Å². The Morgan fingerprint density at radius 2 is 1.95 bits per heavy atom. The van der Waals surface area contributed by atoms with Gasteiger partial charge in [-0.05, 0) is 49.6 Å². The van der Waals surface area contributed by atoms with Crippen molar-refractivity contribution in [2.24, 2.45) is 12.0 Å². The Hall–Kier alpha value is -5.69. The van der Waals surface area contributed by atoms with Crippen LogP contribution in [-0.2, 0) is 7.05 Å². The summed E-state index contributed by atoms with van der Waals surface area (Å²) in [4.78, 5) is 23.5. The molecule has 6 rings (SSSR count). The number of nitrogens with one attached hydrogen (secondary N) is 1. The minimum Gasteiger partial charge on any atom is -0.382 e. The molecule has 0 bridgehead atoms. The molecular formula is C32H29N9O. The van der Waals surface area contributed by atoms with Gasteiger partial charge in [0.1, 0.15) is 11.4 Å². The average molecular weight is 556 g/mol. The molecule has 42 heavy (non-hydrogen) atoms. The molecule has 208 valence electrons. The highest BCUT2D eigenvalue weighted by atomic mass is 16.1. The minimum atomic E-state index is -0.351. The van der Waals surface area contributed by atoms with Crippen molar-refractivity contribution >= 4 is 28.1 Å². The van der Waals surface area contributed by atoms with Gasteiger partial charge in [-0.2, -0.15) is 5.10 Å². The first-order chi connectivity index (χ1) is 20.4. The molecule has 0 amide bonds. The summed E-state index contributed by atoms with van der Waals surface area (Å²) in [5.41, 5.74) is 10.3. The lowest BCUT2D eigenvalue weighted by molar-refractivity contribution is 0.662. The van der Waals surface area contributed by atoms with E-state index in [1.165, 1.54) is 0 Å². The number of hydrogen-bond donors (Lipinski definition) is 2. The van der Waals surface area contributed by atoms with Crippen LogP contribution in [-0.4, -0.2) is 41.3 Å². The van der Waals surface area contributed by atoms with Gasteiger partial charge < -0.3 is 11.1 Å². The Morgan fingerprint density at radius 3 is 2.71 bits per heavy atom. The monoisotopic (exact) mass is 555 g/mol. The number of pyridine rings is 1. The number of rotatable bonds is 5. The second kappa shape index (κ2) is 11.1. The van der Waals surface area contributed by atoms with Crippen LogP contribution in [0.5, 0.6) is 0 Å². The number of benzene rings is 2. The number of para-hydroxylation sites is 1. The second-order valence-electron chi connectivity index (χ2n) is 9.80. The van der Waals surface area contributed by atoms with Crippen molar-refractivity contribution in [2.75, 3.05) is 12.3 Å². The minimum absolute atomic E-state index is 0.162. The first-order valence-corrected chi connectivity index (χ1v) is 13.6. The molecule has 10 heteroatoms. The van der Waals surface area contributed by atoms with E-state index in [1.54, 1.807) is 38.4 Å². The third kappa shape index (κ3) is 4.88. The van der Waals surface area contributed by atoms with E-state index < -0.39 is 0 Å². The molecule has 0 saturated heterocycles. The molecule has 10 nitrogen and oxygen atoms in total. The molecule has 0 radical (unpaired) electrons. The highest BCUT2D eigenvalue weighted by Crippen LogP contribution is 2.25. The van der Waals surface area contributed by atoms with E-state index >= 15 is 0 Å². The molecule has 1 unspecified atom stereocenters. The normalized spacial score (nSPS) is 12.3. The molecular weight excluding hydrogens is 526 g/mol. The van der Waals surface area contributed by atoms with Crippen molar-refractivity contribution in [3.63, 3.8) is 0 Å². The summed E-state index contributed by atoms with van der Waals surface area (Å²) >= 11 is 0. The molecule has 1 atom stereocenters. The lowest BCUT2D eigenvalue weighted by atomic mass is 10.0. The van der Waals surface area contributed by atoms with Crippen LogP contribution in [0, 0.1) is 11.8 Å². The lowest BCUT2D eigenvalue weighted by Crippen LogP contribution is -2.33. The molecule has 0 saturated carbocycles. The highest BCUT2D eigenvalue weighted by Gasteiger charge is 2.22. The van der Waals surface area contributed by atoms with E-state index in [9.17, 15) is 4.79 Å². The van der Waals surface area contributed by atoms with Crippen molar-refractivity contribution in [3.05, 3.63) is 118 Å². The van der Waals surface area contributed by atoms with E-state index in [-0.39, 0.29) is 11.6 Å². The molecule has 0 aliphatic carbocycles. The van der Waals surface area contributed by atoms with E-state index in [0.717, 1.165) is 22.3 Å². The number of amidine groups is 1. The van der Waals surface area contributed by atoms with Gasteiger partial charge in [0.15, 0.2) is 11.5 Å². The first kappa shape index (κ1) is 26.5. The maximum absolute atomic E-state index is 14.3. The fraction of sp³-hybridized carbons (Fsp3) is 0.156. The van der Waals surface area contributed by atoms with E-state index in [2.05, 4.69) is 32.3 Å². The van der Waals surface area contributed by atoms with Crippen LogP contribution in [0.1, 0.15) is 42.3 Å². The third-order valence-electron chi connectivity index (χ3n) is 6.91. The van der Waals surface area contributed by atoms with Crippen molar-refractivity contribution in [2.45, 2.75) is 19.9 Å². The maximum atomic E-state index is 14.3. The zero-order valence-electron chi connectivity index (χ0n) is 23.5. The van der Waals surface area contributed by atoms with Gasteiger partial charge in [0, 0.05) is 49.1 Å². The Balaban J connectivity index is 1.50. The summed E-state index contributed by atoms with van der Waals surface area (Å²) in [6.45, 7) is 4.46. The predicted molar refractivity (Wildman–Crippen MR) is 165 cm³/mol. The molecule has 6 aromatic rings. The van der Waals surface area contributed by atoms with Crippen LogP contribution in [0.15, 0.2) is 95.2 Å². The standard InChI is InChI=1S/C32H29N9O/c1-4-34-30(28-29(33)38-40-17-9-16-35-31(28)40)37-21(2)26-18-24-11-8-10-23(15-14-22-19-36-39(3)20-22)27(24)32(42)41(26)25-12-6-5-7-13-25/h5-13,16-21H,4H2,1-3H3,(H2,33,38)(H,34,37). The summed E-state index contributed by atoms with van der Waals surface area (Å²) in [5, 5.41) is 13.4. The molecule has 4 heterocycles. The van der Waals surface area contributed by atoms with Crippen LogP contribution in [0.2, 0.25) is 0 Å². The zero-order chi connectivity index (χ0) is 29.2. The van der Waals surface area contributed by atoms with Crippen LogP contribution < -0.4 is 16.6 Å². The molecule has 3 N–H and O–H groups in total. The average Bonchev–Trinajstić information content (AvgIpc) is 3.57. The number of fused-ring (bicyclic) bond motifs is 2. The van der Waals surface area contributed by atoms with Crippen LogP contribution in [0.3, 0.4) is 0 Å². The summed E-state index contributed by atoms with van der Waals surface area (Å²) in [6.07, 6.45) is 7.03. The molecule has 4 aromatic heterocycles. The number of aliphatic imine (C=N–C) groups is 1. The van der Waals surface area contributed by atoms with E-state index in [4.69, 9.17) is 10.7 Å². The van der Waals surface area contributed by atoms with Crippen molar-refractivity contribution in [3.8, 4) is 17.5 Å². The Labute approximate surface area is 242 Å². The summed E-state index contributed by atoms with van der Waals surface area (Å²) in [6, 6.07) is 18.8. The molecule has 0 fully saturated rings. The summed E-state index contributed by atoms with van der Waals surface area (Å²) in [7, 11) is 1.84. The second-order valence-corrected chi connectivity index (χ2v) is 9.80. The van der Waals surface area contributed by atoms with Gasteiger partial charge in [-0.1, -0.05) is 42.2 Å². The third-order valence-corrected chi connectivity index (χ3v) is 6.91. The number of nitrogens with zero attached hydrogens (tertiary/aromatic N) is 7. The predicted octanol–water partition coefficient (Wildman–Crippen LogP) is 3.87. The van der Waals surface area contributed by atoms with Gasteiger partial charge in [-0.3, -0.25) is 19.0 Å². The first-order valence-electron chi connectivity index (χ1n) is 13.6. The Kier molecular flexibility index (Phi) is 6.98. The molecule has 0 aliphatic heterocycles. The van der Waals surface area contributed by atoms with Gasteiger partial charge in [0.25, 0.3) is 5.56 Å². The van der Waals surface area contributed by atoms with Gasteiger partial charge in [-0.15, -0.1) is 5.10 Å². The molecule has 0 aliphatic rings. The molecule has 2 aromatic carbocycles. The Morgan fingerprint density at radius 1 is 1.12 bits per heavy atom. The fourth-order valence-electron chi connectivity index (χ4n) is 5.04. The van der Waals surface area contributed by atoms with Gasteiger partial charge >= 0.3 is 0 Å². The van der Waals surface area contributed by atoms with Crippen LogP contribution in [0.4, 0.5) is 5.82 Å².